The van der Waals surface area contributed by atoms with E-state index in [4.69, 9.17) is 0 Å². The second kappa shape index (κ2) is 4.63. The molecule has 1 aromatic heterocycles. The number of hydrogen-bond donors (Lipinski definition) is 0. The summed E-state index contributed by atoms with van der Waals surface area (Å²) in [6.07, 6.45) is 1.67. The molecule has 0 saturated heterocycles. The van der Waals surface area contributed by atoms with Crippen molar-refractivity contribution in [1.29, 1.82) is 0 Å². The Balaban J connectivity index is 2.15. The molecule has 0 aliphatic carbocycles. The quantitative estimate of drug-likeness (QED) is 0.826. The van der Waals surface area contributed by atoms with E-state index in [1.54, 1.807) is 18.3 Å². The third-order valence-electron chi connectivity index (χ3n) is 1.80. The Labute approximate surface area is 93.3 Å². The van der Waals surface area contributed by atoms with Crippen molar-refractivity contribution in [3.05, 3.63) is 46.7 Å². The summed E-state index contributed by atoms with van der Waals surface area (Å²) in [6.45, 7) is 0. The third kappa shape index (κ3) is 2.70. The summed E-state index contributed by atoms with van der Waals surface area (Å²) in [4.78, 5) is 4.54. The fourth-order valence-corrected chi connectivity index (χ4v) is 3.06. The normalized spacial score (nSPS) is 12.6. The molecule has 0 saturated carbocycles. The zero-order valence-corrected chi connectivity index (χ0v) is 9.35. The molecule has 0 spiro atoms. The summed E-state index contributed by atoms with van der Waals surface area (Å²) < 4.78 is 24.6. The first-order chi connectivity index (χ1) is 7.25. The largest absolute Gasteiger partial charge is 0.254 e. The molecule has 1 atom stereocenters. The zero-order chi connectivity index (χ0) is 10.7. The van der Waals surface area contributed by atoms with Gasteiger partial charge in [0.2, 0.25) is 0 Å². The minimum absolute atomic E-state index is 0.348. The van der Waals surface area contributed by atoms with Crippen LogP contribution in [0.3, 0.4) is 0 Å². The molecule has 1 aromatic carbocycles. The lowest BCUT2D eigenvalue weighted by atomic mass is 10.4. The van der Waals surface area contributed by atoms with Gasteiger partial charge in [-0.25, -0.2) is 9.37 Å². The maximum atomic E-state index is 12.9. The van der Waals surface area contributed by atoms with Gasteiger partial charge in [-0.3, -0.25) is 4.21 Å². The number of thiazole rings is 1. The van der Waals surface area contributed by atoms with Crippen LogP contribution >= 0.6 is 11.3 Å². The molecule has 0 aliphatic heterocycles. The van der Waals surface area contributed by atoms with Gasteiger partial charge in [-0.05, 0) is 18.2 Å². The van der Waals surface area contributed by atoms with Gasteiger partial charge in [-0.2, -0.15) is 0 Å². The first-order valence-electron chi connectivity index (χ1n) is 4.28. The van der Waals surface area contributed by atoms with Crippen LogP contribution < -0.4 is 0 Å². The standard InChI is InChI=1S/C10H8FNOS2/c11-8-2-1-3-9(6-8)15(13)7-10-12-4-5-14-10/h1-6H,7H2. The molecule has 1 heterocycles. The second-order valence-electron chi connectivity index (χ2n) is 2.87. The molecule has 0 aliphatic rings. The van der Waals surface area contributed by atoms with Crippen molar-refractivity contribution < 1.29 is 8.60 Å². The number of halogens is 1. The highest BCUT2D eigenvalue weighted by molar-refractivity contribution is 7.84. The van der Waals surface area contributed by atoms with Crippen molar-refractivity contribution in [2.24, 2.45) is 0 Å². The van der Waals surface area contributed by atoms with Crippen molar-refractivity contribution in [3.8, 4) is 0 Å². The Morgan fingerprint density at radius 2 is 2.33 bits per heavy atom. The van der Waals surface area contributed by atoms with E-state index in [1.165, 1.54) is 23.5 Å². The molecule has 0 radical (unpaired) electrons. The van der Waals surface area contributed by atoms with Crippen LogP contribution in [0.25, 0.3) is 0 Å². The molecule has 0 fully saturated rings. The lowest BCUT2D eigenvalue weighted by Crippen LogP contribution is -1.96. The molecule has 1 unspecified atom stereocenters. The summed E-state index contributed by atoms with van der Waals surface area (Å²) in [5, 5.41) is 2.63. The lowest BCUT2D eigenvalue weighted by molar-refractivity contribution is 0.622. The van der Waals surface area contributed by atoms with Crippen LogP contribution in [-0.2, 0) is 16.6 Å². The Morgan fingerprint density at radius 1 is 1.47 bits per heavy atom. The average Bonchev–Trinajstić information content (AvgIpc) is 2.70. The minimum atomic E-state index is -1.22. The number of hydrogen-bond acceptors (Lipinski definition) is 3. The highest BCUT2D eigenvalue weighted by Crippen LogP contribution is 2.14. The van der Waals surface area contributed by atoms with Crippen LogP contribution in [0.4, 0.5) is 4.39 Å². The average molecular weight is 241 g/mol. The predicted molar refractivity (Wildman–Crippen MR) is 58.6 cm³/mol. The Bertz CT molecular complexity index is 470. The summed E-state index contributed by atoms with van der Waals surface area (Å²) >= 11 is 1.45. The minimum Gasteiger partial charge on any atom is -0.254 e. The lowest BCUT2D eigenvalue weighted by Gasteiger charge is -1.99. The van der Waals surface area contributed by atoms with Gasteiger partial charge < -0.3 is 0 Å². The van der Waals surface area contributed by atoms with Gasteiger partial charge in [0, 0.05) is 16.5 Å². The van der Waals surface area contributed by atoms with E-state index in [2.05, 4.69) is 4.98 Å². The first-order valence-corrected chi connectivity index (χ1v) is 6.48. The van der Waals surface area contributed by atoms with Gasteiger partial charge >= 0.3 is 0 Å². The van der Waals surface area contributed by atoms with Crippen molar-refractivity contribution in [2.45, 2.75) is 10.6 Å². The molecule has 2 rings (SSSR count). The molecule has 0 bridgehead atoms. The molecule has 78 valence electrons. The Hall–Kier alpha value is -1.07. The first kappa shape index (κ1) is 10.4. The number of nitrogens with zero attached hydrogens (tertiary/aromatic N) is 1. The van der Waals surface area contributed by atoms with E-state index in [9.17, 15) is 8.60 Å². The van der Waals surface area contributed by atoms with Gasteiger partial charge in [0.15, 0.2) is 0 Å². The van der Waals surface area contributed by atoms with Gasteiger partial charge in [0.1, 0.15) is 10.8 Å². The van der Waals surface area contributed by atoms with Crippen molar-refractivity contribution in [1.82, 2.24) is 4.98 Å². The summed E-state index contributed by atoms with van der Waals surface area (Å²) in [5.41, 5.74) is 0. The van der Waals surface area contributed by atoms with E-state index in [-0.39, 0.29) is 5.82 Å². The predicted octanol–water partition coefficient (Wildman–Crippen LogP) is 2.59. The molecular weight excluding hydrogens is 233 g/mol. The molecule has 5 heteroatoms. The van der Waals surface area contributed by atoms with Crippen LogP contribution in [0.15, 0.2) is 40.7 Å². The van der Waals surface area contributed by atoms with E-state index in [1.807, 2.05) is 5.38 Å². The van der Waals surface area contributed by atoms with Crippen LogP contribution in [0.5, 0.6) is 0 Å². The highest BCUT2D eigenvalue weighted by Gasteiger charge is 2.07. The summed E-state index contributed by atoms with van der Waals surface area (Å²) in [5.74, 6) is -0.0128. The second-order valence-corrected chi connectivity index (χ2v) is 5.30. The number of rotatable bonds is 3. The smallest absolute Gasteiger partial charge is 0.124 e. The molecule has 15 heavy (non-hydrogen) atoms. The number of benzene rings is 1. The maximum Gasteiger partial charge on any atom is 0.124 e. The van der Waals surface area contributed by atoms with Crippen LogP contribution in [0.1, 0.15) is 5.01 Å². The van der Waals surface area contributed by atoms with Gasteiger partial charge in [0.25, 0.3) is 0 Å². The Morgan fingerprint density at radius 3 is 3.00 bits per heavy atom. The van der Waals surface area contributed by atoms with Gasteiger partial charge in [0.05, 0.1) is 16.6 Å². The van der Waals surface area contributed by atoms with Crippen molar-refractivity contribution in [2.75, 3.05) is 0 Å². The summed E-state index contributed by atoms with van der Waals surface area (Å²) in [6, 6.07) is 5.85. The van der Waals surface area contributed by atoms with Crippen LogP contribution in [-0.4, -0.2) is 9.19 Å². The van der Waals surface area contributed by atoms with Crippen LogP contribution in [0.2, 0.25) is 0 Å². The monoisotopic (exact) mass is 241 g/mol. The summed E-state index contributed by atoms with van der Waals surface area (Å²) in [7, 11) is -1.22. The molecule has 0 amide bonds. The number of aromatic nitrogens is 1. The van der Waals surface area contributed by atoms with Crippen LogP contribution in [0, 0.1) is 5.82 Å². The third-order valence-corrected chi connectivity index (χ3v) is 4.07. The van der Waals surface area contributed by atoms with Crippen molar-refractivity contribution in [3.63, 3.8) is 0 Å². The molecule has 2 nitrogen and oxygen atoms in total. The SMILES string of the molecule is O=S(Cc1nccs1)c1cccc(F)c1. The fourth-order valence-electron chi connectivity index (χ4n) is 1.13. The van der Waals surface area contributed by atoms with E-state index < -0.39 is 10.8 Å². The van der Waals surface area contributed by atoms with Gasteiger partial charge in [-0.15, -0.1) is 11.3 Å². The van der Waals surface area contributed by atoms with Crippen molar-refractivity contribution >= 4 is 22.1 Å². The van der Waals surface area contributed by atoms with Gasteiger partial charge in [-0.1, -0.05) is 6.07 Å². The van der Waals surface area contributed by atoms with E-state index in [0.29, 0.717) is 10.6 Å². The van der Waals surface area contributed by atoms with E-state index in [0.717, 1.165) is 5.01 Å². The fraction of sp³-hybridized carbons (Fsp3) is 0.100. The topological polar surface area (TPSA) is 30.0 Å². The Kier molecular flexibility index (Phi) is 3.23. The molecular formula is C10H8FNOS2. The molecule has 0 N–H and O–H groups in total. The van der Waals surface area contributed by atoms with E-state index >= 15 is 0 Å². The zero-order valence-electron chi connectivity index (χ0n) is 7.72. The maximum absolute atomic E-state index is 12.9. The molecule has 2 aromatic rings. The highest BCUT2D eigenvalue weighted by atomic mass is 32.2.